The zero-order valence-corrected chi connectivity index (χ0v) is 13.7. The van der Waals surface area contributed by atoms with Gasteiger partial charge in [-0.1, -0.05) is 45.2 Å². The van der Waals surface area contributed by atoms with Gasteiger partial charge in [0.05, 0.1) is 13.6 Å². The van der Waals surface area contributed by atoms with Crippen LogP contribution in [0.5, 0.6) is 0 Å². The first-order valence-electron chi connectivity index (χ1n) is 4.53. The standard InChI is InChI=1S/C11H5Br2Cl2FS/c12-10(9-4-8(15)11(13)17-9)6-2-1-5(16)3-7(6)14/h1-4,10H. The quantitative estimate of drug-likeness (QED) is 0.492. The van der Waals surface area contributed by atoms with Gasteiger partial charge in [-0.3, -0.25) is 0 Å². The lowest BCUT2D eigenvalue weighted by Gasteiger charge is -2.09. The number of benzene rings is 1. The molecule has 6 heteroatoms. The number of rotatable bonds is 2. The highest BCUT2D eigenvalue weighted by molar-refractivity contribution is 9.11. The van der Waals surface area contributed by atoms with Crippen molar-refractivity contribution in [2.45, 2.75) is 4.83 Å². The van der Waals surface area contributed by atoms with Gasteiger partial charge in [-0.05, 0) is 39.7 Å². The summed E-state index contributed by atoms with van der Waals surface area (Å²) in [4.78, 5) is 0.916. The second-order valence-corrected chi connectivity index (χ2v) is 7.43. The van der Waals surface area contributed by atoms with Crippen molar-refractivity contribution in [1.82, 2.24) is 0 Å². The fourth-order valence-corrected chi connectivity index (χ4v) is 4.31. The fourth-order valence-electron chi connectivity index (χ4n) is 1.35. The van der Waals surface area contributed by atoms with Crippen LogP contribution >= 0.6 is 66.4 Å². The molecule has 1 atom stereocenters. The summed E-state index contributed by atoms with van der Waals surface area (Å²) in [6.07, 6.45) is 0. The molecule has 2 rings (SSSR count). The Kier molecular flexibility index (Phi) is 4.53. The van der Waals surface area contributed by atoms with Gasteiger partial charge in [0.2, 0.25) is 0 Å². The molecule has 2 aromatic rings. The Bertz CT molecular complexity index is 537. The maximum absolute atomic E-state index is 13.0. The zero-order valence-electron chi connectivity index (χ0n) is 8.18. The van der Waals surface area contributed by atoms with E-state index in [1.54, 1.807) is 6.07 Å². The highest BCUT2D eigenvalue weighted by Crippen LogP contribution is 2.43. The third-order valence-electron chi connectivity index (χ3n) is 2.15. The molecule has 0 amide bonds. The molecule has 90 valence electrons. The summed E-state index contributed by atoms with van der Waals surface area (Å²) in [7, 11) is 0. The average Bonchev–Trinajstić information content (AvgIpc) is 2.58. The van der Waals surface area contributed by atoms with Crippen molar-refractivity contribution in [3.63, 3.8) is 0 Å². The van der Waals surface area contributed by atoms with Crippen LogP contribution in [-0.4, -0.2) is 0 Å². The lowest BCUT2D eigenvalue weighted by Crippen LogP contribution is -1.91. The number of thiophene rings is 1. The summed E-state index contributed by atoms with van der Waals surface area (Å²) in [5.74, 6) is -0.344. The van der Waals surface area contributed by atoms with Crippen LogP contribution in [0.4, 0.5) is 4.39 Å². The highest BCUT2D eigenvalue weighted by Gasteiger charge is 2.17. The van der Waals surface area contributed by atoms with E-state index in [0.717, 1.165) is 14.2 Å². The molecule has 17 heavy (non-hydrogen) atoms. The van der Waals surface area contributed by atoms with Gasteiger partial charge in [0, 0.05) is 9.90 Å². The first-order chi connectivity index (χ1) is 7.99. The molecular weight excluding hydrogens is 414 g/mol. The smallest absolute Gasteiger partial charge is 0.124 e. The molecule has 0 aliphatic carbocycles. The van der Waals surface area contributed by atoms with Gasteiger partial charge in [-0.25, -0.2) is 4.39 Å². The number of hydrogen-bond donors (Lipinski definition) is 0. The number of alkyl halides is 1. The average molecular weight is 419 g/mol. The molecule has 0 saturated carbocycles. The Morgan fingerprint density at radius 3 is 2.41 bits per heavy atom. The van der Waals surface area contributed by atoms with Crippen molar-refractivity contribution in [3.05, 3.63) is 54.4 Å². The molecule has 0 bridgehead atoms. The summed E-state index contributed by atoms with van der Waals surface area (Å²) >= 11 is 20.4. The van der Waals surface area contributed by atoms with Gasteiger partial charge in [-0.2, -0.15) is 0 Å². The van der Waals surface area contributed by atoms with E-state index >= 15 is 0 Å². The number of hydrogen-bond acceptors (Lipinski definition) is 1. The van der Waals surface area contributed by atoms with Crippen LogP contribution in [0.1, 0.15) is 15.3 Å². The van der Waals surface area contributed by atoms with Gasteiger partial charge in [0.25, 0.3) is 0 Å². The lowest BCUT2D eigenvalue weighted by atomic mass is 10.1. The van der Waals surface area contributed by atoms with Crippen LogP contribution in [0.3, 0.4) is 0 Å². The third kappa shape index (κ3) is 3.04. The van der Waals surface area contributed by atoms with Crippen LogP contribution in [0.2, 0.25) is 10.0 Å². The van der Waals surface area contributed by atoms with E-state index < -0.39 is 0 Å². The monoisotopic (exact) mass is 416 g/mol. The molecule has 0 radical (unpaired) electrons. The summed E-state index contributed by atoms with van der Waals surface area (Å²) in [5.41, 5.74) is 0.818. The van der Waals surface area contributed by atoms with Crippen LogP contribution in [-0.2, 0) is 0 Å². The van der Waals surface area contributed by atoms with Crippen molar-refractivity contribution >= 4 is 66.4 Å². The second-order valence-electron chi connectivity index (χ2n) is 3.30. The predicted molar refractivity (Wildman–Crippen MR) is 79.2 cm³/mol. The Hall–Kier alpha value is 0.390. The Balaban J connectivity index is 2.39. The van der Waals surface area contributed by atoms with Gasteiger partial charge in [0.15, 0.2) is 0 Å². The molecule has 1 heterocycles. The minimum absolute atomic E-state index is 0.0931. The minimum Gasteiger partial charge on any atom is -0.207 e. The van der Waals surface area contributed by atoms with Gasteiger partial charge < -0.3 is 0 Å². The van der Waals surface area contributed by atoms with E-state index in [9.17, 15) is 4.39 Å². The van der Waals surface area contributed by atoms with Crippen LogP contribution < -0.4 is 0 Å². The molecule has 1 unspecified atom stereocenters. The van der Waals surface area contributed by atoms with E-state index in [-0.39, 0.29) is 10.6 Å². The Morgan fingerprint density at radius 1 is 1.18 bits per heavy atom. The lowest BCUT2D eigenvalue weighted by molar-refractivity contribution is 0.627. The summed E-state index contributed by atoms with van der Waals surface area (Å²) in [5, 5.41) is 1.06. The summed E-state index contributed by atoms with van der Waals surface area (Å²) in [6.45, 7) is 0. The molecule has 0 fully saturated rings. The molecule has 0 aliphatic rings. The van der Waals surface area contributed by atoms with Crippen LogP contribution in [0.25, 0.3) is 0 Å². The molecule has 0 spiro atoms. The van der Waals surface area contributed by atoms with Gasteiger partial charge >= 0.3 is 0 Å². The van der Waals surface area contributed by atoms with Gasteiger partial charge in [0.1, 0.15) is 5.82 Å². The third-order valence-corrected chi connectivity index (χ3v) is 6.31. The topological polar surface area (TPSA) is 0 Å². The fraction of sp³-hybridized carbons (Fsp3) is 0.0909. The maximum Gasteiger partial charge on any atom is 0.124 e. The molecule has 0 aliphatic heterocycles. The molecule has 1 aromatic heterocycles. The second kappa shape index (κ2) is 5.57. The van der Waals surface area contributed by atoms with Crippen molar-refractivity contribution in [2.24, 2.45) is 0 Å². The Morgan fingerprint density at radius 2 is 1.88 bits per heavy atom. The number of halogens is 5. The highest BCUT2D eigenvalue weighted by atomic mass is 79.9. The van der Waals surface area contributed by atoms with E-state index in [1.165, 1.54) is 23.5 Å². The molecule has 0 N–H and O–H groups in total. The van der Waals surface area contributed by atoms with Crippen molar-refractivity contribution in [3.8, 4) is 0 Å². The minimum atomic E-state index is -0.344. The molecular formula is C11H5Br2Cl2FS. The Labute approximate surface area is 129 Å². The van der Waals surface area contributed by atoms with Gasteiger partial charge in [-0.15, -0.1) is 11.3 Å². The first-order valence-corrected chi connectivity index (χ1v) is 7.81. The molecule has 1 aromatic carbocycles. The maximum atomic E-state index is 13.0. The predicted octanol–water partition coefficient (Wildman–Crippen LogP) is 6.44. The molecule has 0 saturated heterocycles. The van der Waals surface area contributed by atoms with Crippen molar-refractivity contribution in [1.29, 1.82) is 0 Å². The van der Waals surface area contributed by atoms with Crippen molar-refractivity contribution in [2.75, 3.05) is 0 Å². The summed E-state index contributed by atoms with van der Waals surface area (Å²) < 4.78 is 13.8. The van der Waals surface area contributed by atoms with E-state index in [2.05, 4.69) is 31.9 Å². The van der Waals surface area contributed by atoms with E-state index in [0.29, 0.717) is 10.0 Å². The van der Waals surface area contributed by atoms with Crippen LogP contribution in [0.15, 0.2) is 28.1 Å². The SMILES string of the molecule is Fc1ccc(C(Br)c2cc(Cl)c(Br)s2)c(Cl)c1. The van der Waals surface area contributed by atoms with Crippen LogP contribution in [0, 0.1) is 5.82 Å². The largest absolute Gasteiger partial charge is 0.207 e. The molecule has 0 nitrogen and oxygen atoms in total. The van der Waals surface area contributed by atoms with E-state index in [1.807, 2.05) is 6.07 Å². The van der Waals surface area contributed by atoms with E-state index in [4.69, 9.17) is 23.2 Å². The normalized spacial score (nSPS) is 12.8. The first kappa shape index (κ1) is 13.8. The summed E-state index contributed by atoms with van der Waals surface area (Å²) in [6, 6.07) is 6.21. The zero-order chi connectivity index (χ0) is 12.6. The van der Waals surface area contributed by atoms with Crippen molar-refractivity contribution < 1.29 is 4.39 Å².